The van der Waals surface area contributed by atoms with E-state index in [-0.39, 0.29) is 17.9 Å². The molecule has 7 rings (SSSR count). The fraction of sp³-hybridized carbons (Fsp3) is 0.643. The van der Waals surface area contributed by atoms with Gasteiger partial charge in [0.2, 0.25) is 5.88 Å². The van der Waals surface area contributed by atoms with Crippen molar-refractivity contribution in [2.24, 2.45) is 0 Å². The third kappa shape index (κ3) is 4.26. The van der Waals surface area contributed by atoms with Crippen LogP contribution in [-0.4, -0.2) is 79.8 Å². The molecule has 206 valence electrons. The van der Waals surface area contributed by atoms with Gasteiger partial charge in [0, 0.05) is 24.1 Å². The lowest BCUT2D eigenvalue weighted by Crippen LogP contribution is -2.41. The minimum Gasteiger partial charge on any atom is -0.473 e. The van der Waals surface area contributed by atoms with Crippen molar-refractivity contribution in [1.82, 2.24) is 35.0 Å². The Balaban J connectivity index is 1.28. The number of ether oxygens (including phenoxy) is 2. The third-order valence-electron chi connectivity index (χ3n) is 9.15. The van der Waals surface area contributed by atoms with Gasteiger partial charge in [-0.15, -0.1) is 5.10 Å². The van der Waals surface area contributed by atoms with Gasteiger partial charge in [-0.3, -0.25) is 9.69 Å². The van der Waals surface area contributed by atoms with Crippen LogP contribution in [-0.2, 0) is 21.4 Å². The van der Waals surface area contributed by atoms with E-state index in [4.69, 9.17) is 24.0 Å². The first-order valence-electron chi connectivity index (χ1n) is 14.3. The van der Waals surface area contributed by atoms with Crippen LogP contribution in [0.15, 0.2) is 16.8 Å². The molecular weight excluding hydrogens is 498 g/mol. The molecule has 11 nitrogen and oxygen atoms in total. The molecule has 2 aliphatic heterocycles. The van der Waals surface area contributed by atoms with Crippen LogP contribution in [0.2, 0.25) is 0 Å². The highest BCUT2D eigenvalue weighted by Crippen LogP contribution is 2.47. The van der Waals surface area contributed by atoms with E-state index in [2.05, 4.69) is 34.3 Å². The summed E-state index contributed by atoms with van der Waals surface area (Å²) in [6, 6.07) is 2.34. The topological polar surface area (TPSA) is 121 Å². The quantitative estimate of drug-likeness (QED) is 0.465. The van der Waals surface area contributed by atoms with Crippen LogP contribution in [0, 0.1) is 0 Å². The Morgan fingerprint density at radius 2 is 1.97 bits per heavy atom. The number of rotatable bonds is 6. The molecule has 0 amide bonds. The molecule has 4 aliphatic rings. The number of hydrogen-bond acceptors (Lipinski definition) is 10. The van der Waals surface area contributed by atoms with E-state index >= 15 is 0 Å². The first-order valence-corrected chi connectivity index (χ1v) is 14.3. The van der Waals surface area contributed by atoms with E-state index in [0.717, 1.165) is 69.2 Å². The van der Waals surface area contributed by atoms with E-state index in [9.17, 15) is 4.79 Å². The molecule has 0 aromatic carbocycles. The lowest BCUT2D eigenvalue weighted by molar-refractivity contribution is -0.128. The monoisotopic (exact) mass is 533 g/mol. The van der Waals surface area contributed by atoms with Gasteiger partial charge in [-0.25, -0.2) is 9.67 Å². The molecule has 1 saturated carbocycles. The van der Waals surface area contributed by atoms with Gasteiger partial charge in [0.25, 0.3) is 0 Å². The standard InChI is InChI=1S/C28H35N7O4/c1-17(22-8-6-12-34(22)2)38-24-13-20(21-14-35(33-31-21)18-15-37-16-18)29-27(30-24)25-19-7-5-11-28(26(19)39-32-25)10-4-3-9-23(28)36/h13-14,17-18,22H,3-12,15-16H2,1-2H3/t17-,22-,28+/m0/s1. The van der Waals surface area contributed by atoms with Crippen molar-refractivity contribution < 1.29 is 18.8 Å². The minimum absolute atomic E-state index is 0.0507. The average molecular weight is 534 g/mol. The highest BCUT2D eigenvalue weighted by Gasteiger charge is 2.48. The Morgan fingerprint density at radius 3 is 2.74 bits per heavy atom. The number of likely N-dealkylation sites (tertiary alicyclic amines) is 1. The van der Waals surface area contributed by atoms with Gasteiger partial charge < -0.3 is 14.0 Å². The summed E-state index contributed by atoms with van der Waals surface area (Å²) in [5, 5.41) is 13.2. The zero-order valence-corrected chi connectivity index (χ0v) is 22.6. The number of hydrogen-bond donors (Lipinski definition) is 0. The fourth-order valence-electron chi connectivity index (χ4n) is 6.84. The number of fused-ring (bicyclic) bond motifs is 2. The summed E-state index contributed by atoms with van der Waals surface area (Å²) in [4.78, 5) is 25.2. The van der Waals surface area contributed by atoms with Crippen molar-refractivity contribution in [3.05, 3.63) is 23.6 Å². The largest absolute Gasteiger partial charge is 0.473 e. The maximum atomic E-state index is 13.2. The summed E-state index contributed by atoms with van der Waals surface area (Å²) in [6.45, 7) is 4.42. The van der Waals surface area contributed by atoms with E-state index in [0.29, 0.717) is 54.5 Å². The predicted molar refractivity (Wildman–Crippen MR) is 140 cm³/mol. The van der Waals surface area contributed by atoms with Crippen molar-refractivity contribution in [2.45, 2.75) is 88.3 Å². The highest BCUT2D eigenvalue weighted by molar-refractivity contribution is 5.91. The second kappa shape index (κ2) is 9.78. The molecule has 2 saturated heterocycles. The zero-order valence-electron chi connectivity index (χ0n) is 22.6. The SMILES string of the molecule is C[C@H](Oc1cc(-c2cn(C3COC3)nn2)nc(-c2noc3c2CCC[C@@]32CCCCC2=O)n1)[C@@H]1CCCN1C. The molecule has 3 fully saturated rings. The molecule has 2 aliphatic carbocycles. The molecule has 3 aromatic rings. The van der Waals surface area contributed by atoms with E-state index in [1.807, 2.05) is 16.9 Å². The minimum atomic E-state index is -0.552. The summed E-state index contributed by atoms with van der Waals surface area (Å²) >= 11 is 0. The smallest absolute Gasteiger partial charge is 0.217 e. The van der Waals surface area contributed by atoms with Crippen molar-refractivity contribution >= 4 is 5.78 Å². The maximum Gasteiger partial charge on any atom is 0.217 e. The molecule has 0 radical (unpaired) electrons. The molecule has 11 heteroatoms. The van der Waals surface area contributed by atoms with Crippen LogP contribution in [0.4, 0.5) is 0 Å². The normalized spacial score (nSPS) is 26.5. The van der Waals surface area contributed by atoms with Crippen LogP contribution in [0.25, 0.3) is 22.9 Å². The number of carbonyl (C=O) groups is 1. The Labute approximate surface area is 227 Å². The van der Waals surface area contributed by atoms with Crippen LogP contribution in [0.3, 0.4) is 0 Å². The molecule has 0 bridgehead atoms. The van der Waals surface area contributed by atoms with Crippen LogP contribution in [0.5, 0.6) is 5.88 Å². The zero-order chi connectivity index (χ0) is 26.6. The first-order chi connectivity index (χ1) is 19.0. The molecule has 3 aromatic heterocycles. The number of aromatic nitrogens is 6. The fourth-order valence-corrected chi connectivity index (χ4v) is 6.84. The summed E-state index contributed by atoms with van der Waals surface area (Å²) in [5.74, 6) is 1.91. The van der Waals surface area contributed by atoms with Crippen molar-refractivity contribution in [2.75, 3.05) is 26.8 Å². The summed E-state index contributed by atoms with van der Waals surface area (Å²) < 4.78 is 19.6. The van der Waals surface area contributed by atoms with Gasteiger partial charge in [0.1, 0.15) is 29.3 Å². The molecule has 0 N–H and O–H groups in total. The number of Topliss-reactive ketones (excluding diaryl/α,β-unsaturated/α-hetero) is 1. The molecule has 0 unspecified atom stereocenters. The van der Waals surface area contributed by atoms with E-state index < -0.39 is 5.41 Å². The maximum absolute atomic E-state index is 13.2. The predicted octanol–water partition coefficient (Wildman–Crippen LogP) is 3.54. The summed E-state index contributed by atoms with van der Waals surface area (Å²) in [7, 11) is 2.14. The Hall–Kier alpha value is -3.18. The lowest BCUT2D eigenvalue weighted by Gasteiger charge is -2.36. The van der Waals surface area contributed by atoms with Gasteiger partial charge in [-0.05, 0) is 65.5 Å². The third-order valence-corrected chi connectivity index (χ3v) is 9.15. The van der Waals surface area contributed by atoms with Crippen molar-refractivity contribution in [3.63, 3.8) is 0 Å². The van der Waals surface area contributed by atoms with Gasteiger partial charge in [-0.2, -0.15) is 4.98 Å². The number of carbonyl (C=O) groups excluding carboxylic acids is 1. The van der Waals surface area contributed by atoms with E-state index in [1.54, 1.807) is 0 Å². The van der Waals surface area contributed by atoms with E-state index in [1.165, 1.54) is 0 Å². The average Bonchev–Trinajstić information content (AvgIpc) is 3.65. The second-order valence-corrected chi connectivity index (χ2v) is 11.6. The highest BCUT2D eigenvalue weighted by atomic mass is 16.5. The Bertz CT molecular complexity index is 1380. The number of likely N-dealkylation sites (N-methyl/N-ethyl adjacent to an activating group) is 1. The van der Waals surface area contributed by atoms with Gasteiger partial charge in [0.05, 0.1) is 24.8 Å². The van der Waals surface area contributed by atoms with Crippen LogP contribution >= 0.6 is 0 Å². The summed E-state index contributed by atoms with van der Waals surface area (Å²) in [5.41, 5.74) is 2.25. The van der Waals surface area contributed by atoms with Gasteiger partial charge in [-0.1, -0.05) is 16.8 Å². The lowest BCUT2D eigenvalue weighted by atomic mass is 9.64. The van der Waals surface area contributed by atoms with Gasteiger partial charge >= 0.3 is 0 Å². The Morgan fingerprint density at radius 1 is 1.10 bits per heavy atom. The second-order valence-electron chi connectivity index (χ2n) is 11.6. The summed E-state index contributed by atoms with van der Waals surface area (Å²) in [6.07, 6.45) is 10.0. The van der Waals surface area contributed by atoms with Crippen LogP contribution in [0.1, 0.15) is 75.7 Å². The van der Waals surface area contributed by atoms with Crippen LogP contribution < -0.4 is 4.74 Å². The molecule has 3 atom stereocenters. The first kappa shape index (κ1) is 24.8. The molecule has 5 heterocycles. The van der Waals surface area contributed by atoms with Gasteiger partial charge in [0.15, 0.2) is 17.3 Å². The van der Waals surface area contributed by atoms with Crippen molar-refractivity contribution in [3.8, 4) is 28.8 Å². The Kier molecular flexibility index (Phi) is 6.23. The number of ketones is 1. The molecule has 39 heavy (non-hydrogen) atoms. The molecule has 1 spiro atoms. The molecular formula is C28H35N7O4. The van der Waals surface area contributed by atoms with Crippen molar-refractivity contribution in [1.29, 1.82) is 0 Å². The number of nitrogens with zero attached hydrogens (tertiary/aromatic N) is 7.